The van der Waals surface area contributed by atoms with Crippen LogP contribution in [0.3, 0.4) is 0 Å². The Labute approximate surface area is 83.2 Å². The Bertz CT molecular complexity index is 507. The minimum Gasteiger partial charge on any atom is -0.507 e. The summed E-state index contributed by atoms with van der Waals surface area (Å²) >= 11 is 0. The van der Waals surface area contributed by atoms with Crippen LogP contribution >= 0.6 is 0 Å². The number of hydrogen-bond donors (Lipinski definition) is 1. The SMILES string of the molecule is Cc1c(O)c(C)c2c(C)coc2c1C. The molecule has 1 aromatic heterocycles. The first-order chi connectivity index (χ1) is 6.54. The van der Waals surface area contributed by atoms with Crippen molar-refractivity contribution in [2.45, 2.75) is 27.7 Å². The van der Waals surface area contributed by atoms with Crippen LogP contribution in [-0.4, -0.2) is 5.11 Å². The van der Waals surface area contributed by atoms with E-state index >= 15 is 0 Å². The van der Waals surface area contributed by atoms with Crippen LogP contribution in [0, 0.1) is 27.7 Å². The molecule has 0 spiro atoms. The van der Waals surface area contributed by atoms with E-state index in [4.69, 9.17) is 4.42 Å². The number of aromatic hydroxyl groups is 1. The highest BCUT2D eigenvalue weighted by atomic mass is 16.3. The third-order valence-electron chi connectivity index (χ3n) is 2.96. The molecule has 0 amide bonds. The Morgan fingerprint density at radius 2 is 1.64 bits per heavy atom. The monoisotopic (exact) mass is 190 g/mol. The van der Waals surface area contributed by atoms with Crippen molar-refractivity contribution >= 4 is 11.0 Å². The van der Waals surface area contributed by atoms with E-state index in [-0.39, 0.29) is 0 Å². The first kappa shape index (κ1) is 9.13. The molecule has 0 saturated carbocycles. The molecule has 0 aliphatic rings. The van der Waals surface area contributed by atoms with Crippen molar-refractivity contribution in [3.05, 3.63) is 28.5 Å². The molecule has 0 aliphatic carbocycles. The van der Waals surface area contributed by atoms with Gasteiger partial charge in [0, 0.05) is 10.9 Å². The second kappa shape index (κ2) is 2.77. The van der Waals surface area contributed by atoms with Gasteiger partial charge in [-0.1, -0.05) is 0 Å². The third-order valence-corrected chi connectivity index (χ3v) is 2.96. The summed E-state index contributed by atoms with van der Waals surface area (Å²) in [6.45, 7) is 7.80. The second-order valence-electron chi connectivity index (χ2n) is 3.85. The van der Waals surface area contributed by atoms with Crippen LogP contribution in [0.5, 0.6) is 5.75 Å². The van der Waals surface area contributed by atoms with Crippen molar-refractivity contribution in [1.82, 2.24) is 0 Å². The second-order valence-corrected chi connectivity index (χ2v) is 3.85. The van der Waals surface area contributed by atoms with Crippen LogP contribution in [0.2, 0.25) is 0 Å². The topological polar surface area (TPSA) is 33.4 Å². The predicted octanol–water partition coefficient (Wildman–Crippen LogP) is 3.37. The normalized spacial score (nSPS) is 11.1. The third kappa shape index (κ3) is 0.969. The summed E-state index contributed by atoms with van der Waals surface area (Å²) in [5.41, 5.74) is 4.82. The Morgan fingerprint density at radius 3 is 2.29 bits per heavy atom. The van der Waals surface area contributed by atoms with E-state index in [2.05, 4.69) is 0 Å². The number of fused-ring (bicyclic) bond motifs is 1. The zero-order chi connectivity index (χ0) is 10.5. The van der Waals surface area contributed by atoms with Gasteiger partial charge in [0.1, 0.15) is 11.3 Å². The molecule has 0 saturated heterocycles. The molecule has 0 aliphatic heterocycles. The van der Waals surface area contributed by atoms with Gasteiger partial charge in [0.15, 0.2) is 0 Å². The van der Waals surface area contributed by atoms with E-state index in [1.807, 2.05) is 27.7 Å². The minimum atomic E-state index is 0.388. The lowest BCUT2D eigenvalue weighted by Crippen LogP contribution is -1.88. The molecular weight excluding hydrogens is 176 g/mol. The van der Waals surface area contributed by atoms with Gasteiger partial charge >= 0.3 is 0 Å². The number of aryl methyl sites for hydroxylation is 3. The summed E-state index contributed by atoms with van der Waals surface area (Å²) in [4.78, 5) is 0. The van der Waals surface area contributed by atoms with Crippen LogP contribution in [-0.2, 0) is 0 Å². The Morgan fingerprint density at radius 1 is 1.00 bits per heavy atom. The first-order valence-corrected chi connectivity index (χ1v) is 4.70. The fourth-order valence-corrected chi connectivity index (χ4v) is 1.93. The van der Waals surface area contributed by atoms with E-state index in [1.165, 1.54) is 0 Å². The van der Waals surface area contributed by atoms with E-state index in [0.717, 1.165) is 33.2 Å². The number of benzene rings is 1. The summed E-state index contributed by atoms with van der Waals surface area (Å²) in [6.07, 6.45) is 1.74. The van der Waals surface area contributed by atoms with E-state index in [0.29, 0.717) is 5.75 Å². The standard InChI is InChI=1S/C12H14O2/c1-6-5-14-12-8(3)7(2)11(13)9(4)10(6)12/h5,13H,1-4H3. The smallest absolute Gasteiger partial charge is 0.137 e. The number of phenolic OH excluding ortho intramolecular Hbond substituents is 1. The molecule has 2 aromatic rings. The quantitative estimate of drug-likeness (QED) is 0.691. The van der Waals surface area contributed by atoms with Gasteiger partial charge in [-0.3, -0.25) is 0 Å². The molecule has 0 radical (unpaired) electrons. The molecule has 0 unspecified atom stereocenters. The van der Waals surface area contributed by atoms with E-state index < -0.39 is 0 Å². The molecule has 1 N–H and O–H groups in total. The van der Waals surface area contributed by atoms with Crippen LogP contribution in [0.1, 0.15) is 22.3 Å². The summed E-state index contributed by atoms with van der Waals surface area (Å²) in [5, 5.41) is 10.9. The number of rotatable bonds is 0. The van der Waals surface area contributed by atoms with Crippen molar-refractivity contribution < 1.29 is 9.52 Å². The van der Waals surface area contributed by atoms with Crippen molar-refractivity contribution in [2.75, 3.05) is 0 Å². The van der Waals surface area contributed by atoms with Gasteiger partial charge < -0.3 is 9.52 Å². The average Bonchev–Trinajstić information content (AvgIpc) is 2.54. The molecular formula is C12H14O2. The van der Waals surface area contributed by atoms with Gasteiger partial charge in [-0.15, -0.1) is 0 Å². The van der Waals surface area contributed by atoms with E-state index in [1.54, 1.807) is 6.26 Å². The number of hydrogen-bond acceptors (Lipinski definition) is 2. The maximum Gasteiger partial charge on any atom is 0.137 e. The summed E-state index contributed by atoms with van der Waals surface area (Å²) in [5.74, 6) is 0.388. The molecule has 2 nitrogen and oxygen atoms in total. The molecule has 0 bridgehead atoms. The lowest BCUT2D eigenvalue weighted by atomic mass is 9.99. The Balaban J connectivity index is 3.05. The summed E-state index contributed by atoms with van der Waals surface area (Å²) < 4.78 is 5.48. The van der Waals surface area contributed by atoms with Gasteiger partial charge in [0.05, 0.1) is 6.26 Å². The van der Waals surface area contributed by atoms with Crippen LogP contribution < -0.4 is 0 Å². The first-order valence-electron chi connectivity index (χ1n) is 4.70. The van der Waals surface area contributed by atoms with Crippen molar-refractivity contribution in [3.8, 4) is 5.75 Å². The van der Waals surface area contributed by atoms with Crippen LogP contribution in [0.15, 0.2) is 10.7 Å². The molecule has 0 atom stereocenters. The van der Waals surface area contributed by atoms with Crippen molar-refractivity contribution in [3.63, 3.8) is 0 Å². The molecule has 74 valence electrons. The van der Waals surface area contributed by atoms with Gasteiger partial charge in [0.2, 0.25) is 0 Å². The molecule has 0 fully saturated rings. The summed E-state index contributed by atoms with van der Waals surface area (Å²) in [6, 6.07) is 0. The largest absolute Gasteiger partial charge is 0.507 e. The highest BCUT2D eigenvalue weighted by Gasteiger charge is 2.15. The fraction of sp³-hybridized carbons (Fsp3) is 0.333. The highest BCUT2D eigenvalue weighted by Crippen LogP contribution is 2.36. The minimum absolute atomic E-state index is 0.388. The van der Waals surface area contributed by atoms with E-state index in [9.17, 15) is 5.11 Å². The van der Waals surface area contributed by atoms with Crippen molar-refractivity contribution in [1.29, 1.82) is 0 Å². The zero-order valence-corrected chi connectivity index (χ0v) is 8.93. The fourth-order valence-electron chi connectivity index (χ4n) is 1.93. The maximum atomic E-state index is 9.89. The van der Waals surface area contributed by atoms with Gasteiger partial charge in [-0.25, -0.2) is 0 Å². The maximum absolute atomic E-state index is 9.89. The lowest BCUT2D eigenvalue weighted by Gasteiger charge is -2.08. The van der Waals surface area contributed by atoms with Gasteiger partial charge in [0.25, 0.3) is 0 Å². The van der Waals surface area contributed by atoms with Crippen LogP contribution in [0.4, 0.5) is 0 Å². The molecule has 2 heteroatoms. The lowest BCUT2D eigenvalue weighted by molar-refractivity contribution is 0.467. The number of furan rings is 1. The number of phenols is 1. The zero-order valence-electron chi connectivity index (χ0n) is 8.93. The van der Waals surface area contributed by atoms with Gasteiger partial charge in [-0.05, 0) is 44.4 Å². The molecule has 1 heterocycles. The molecule has 14 heavy (non-hydrogen) atoms. The molecule has 2 rings (SSSR count). The van der Waals surface area contributed by atoms with Crippen molar-refractivity contribution in [2.24, 2.45) is 0 Å². The predicted molar refractivity (Wildman–Crippen MR) is 56.8 cm³/mol. The summed E-state index contributed by atoms with van der Waals surface area (Å²) in [7, 11) is 0. The average molecular weight is 190 g/mol. The molecule has 1 aromatic carbocycles. The van der Waals surface area contributed by atoms with Gasteiger partial charge in [-0.2, -0.15) is 0 Å². The Hall–Kier alpha value is -1.44. The van der Waals surface area contributed by atoms with Crippen LogP contribution in [0.25, 0.3) is 11.0 Å². The Kier molecular flexibility index (Phi) is 1.81. The highest BCUT2D eigenvalue weighted by molar-refractivity contribution is 5.90.